The standard InChI is InChI=1S/C15H25NO2/c1-15(2,3)16-11-5-6-12-18-14-9-7-13(17-4)8-10-14/h7-10,16H,5-6,11-12H2,1-4H3. The van der Waals surface area contributed by atoms with E-state index in [0.717, 1.165) is 37.5 Å². The van der Waals surface area contributed by atoms with Crippen LogP contribution in [0.4, 0.5) is 0 Å². The number of hydrogen-bond acceptors (Lipinski definition) is 3. The average Bonchev–Trinajstić information content (AvgIpc) is 2.33. The molecule has 0 amide bonds. The van der Waals surface area contributed by atoms with Crippen molar-refractivity contribution in [1.29, 1.82) is 0 Å². The maximum Gasteiger partial charge on any atom is 0.119 e. The molecule has 3 nitrogen and oxygen atoms in total. The minimum atomic E-state index is 0.205. The molecular formula is C15H25NO2. The molecule has 0 saturated carbocycles. The summed E-state index contributed by atoms with van der Waals surface area (Å²) in [6.07, 6.45) is 2.20. The van der Waals surface area contributed by atoms with Crippen molar-refractivity contribution in [3.63, 3.8) is 0 Å². The van der Waals surface area contributed by atoms with E-state index >= 15 is 0 Å². The second-order valence-electron chi connectivity index (χ2n) is 5.41. The molecule has 0 atom stereocenters. The van der Waals surface area contributed by atoms with Gasteiger partial charge in [-0.15, -0.1) is 0 Å². The van der Waals surface area contributed by atoms with Crippen molar-refractivity contribution in [2.75, 3.05) is 20.3 Å². The molecule has 1 rings (SSSR count). The molecule has 1 aromatic carbocycles. The third-order valence-electron chi connectivity index (χ3n) is 2.55. The molecule has 0 heterocycles. The number of hydrogen-bond donors (Lipinski definition) is 1. The summed E-state index contributed by atoms with van der Waals surface area (Å²) < 4.78 is 10.7. The molecule has 0 aromatic heterocycles. The Balaban J connectivity index is 2.10. The molecule has 1 aromatic rings. The predicted molar refractivity (Wildman–Crippen MR) is 75.5 cm³/mol. The molecule has 0 aliphatic heterocycles. The Morgan fingerprint density at radius 3 is 2.17 bits per heavy atom. The van der Waals surface area contributed by atoms with Crippen molar-refractivity contribution in [1.82, 2.24) is 5.32 Å². The monoisotopic (exact) mass is 251 g/mol. The van der Waals surface area contributed by atoms with Crippen molar-refractivity contribution in [2.45, 2.75) is 39.2 Å². The zero-order valence-corrected chi connectivity index (χ0v) is 12.0. The Bertz CT molecular complexity index is 327. The van der Waals surface area contributed by atoms with Gasteiger partial charge in [0.05, 0.1) is 13.7 Å². The van der Waals surface area contributed by atoms with Gasteiger partial charge in [-0.1, -0.05) is 0 Å². The van der Waals surface area contributed by atoms with E-state index in [1.165, 1.54) is 0 Å². The Hall–Kier alpha value is -1.22. The molecule has 0 unspecified atom stereocenters. The fourth-order valence-electron chi connectivity index (χ4n) is 1.55. The zero-order valence-electron chi connectivity index (χ0n) is 12.0. The van der Waals surface area contributed by atoms with Crippen molar-refractivity contribution >= 4 is 0 Å². The Morgan fingerprint density at radius 1 is 1.00 bits per heavy atom. The van der Waals surface area contributed by atoms with E-state index in [-0.39, 0.29) is 5.54 Å². The van der Waals surface area contributed by atoms with E-state index in [4.69, 9.17) is 9.47 Å². The van der Waals surface area contributed by atoms with Crippen molar-refractivity contribution < 1.29 is 9.47 Å². The molecule has 0 spiro atoms. The summed E-state index contributed by atoms with van der Waals surface area (Å²) in [5.41, 5.74) is 0.205. The Labute approximate surface area is 110 Å². The molecule has 0 bridgehead atoms. The molecule has 0 aliphatic rings. The van der Waals surface area contributed by atoms with Crippen LogP contribution in [0.5, 0.6) is 11.5 Å². The fraction of sp³-hybridized carbons (Fsp3) is 0.600. The van der Waals surface area contributed by atoms with Gasteiger partial charge in [-0.05, 0) is 64.4 Å². The van der Waals surface area contributed by atoms with Gasteiger partial charge in [-0.25, -0.2) is 0 Å². The minimum absolute atomic E-state index is 0.205. The highest BCUT2D eigenvalue weighted by Crippen LogP contribution is 2.17. The molecule has 0 saturated heterocycles. The first-order chi connectivity index (χ1) is 8.51. The summed E-state index contributed by atoms with van der Waals surface area (Å²) >= 11 is 0. The second kappa shape index (κ2) is 7.27. The van der Waals surface area contributed by atoms with Crippen molar-refractivity contribution in [2.24, 2.45) is 0 Å². The molecule has 0 aliphatic carbocycles. The molecule has 0 radical (unpaired) electrons. The molecule has 18 heavy (non-hydrogen) atoms. The third kappa shape index (κ3) is 6.50. The Morgan fingerprint density at radius 2 is 1.61 bits per heavy atom. The van der Waals surface area contributed by atoms with E-state index in [1.807, 2.05) is 24.3 Å². The highest BCUT2D eigenvalue weighted by Gasteiger charge is 2.06. The molecule has 1 N–H and O–H groups in total. The van der Waals surface area contributed by atoms with Gasteiger partial charge < -0.3 is 14.8 Å². The SMILES string of the molecule is COc1ccc(OCCCCNC(C)(C)C)cc1. The summed E-state index contributed by atoms with van der Waals surface area (Å²) in [6, 6.07) is 7.70. The zero-order chi connectivity index (χ0) is 13.4. The van der Waals surface area contributed by atoms with Gasteiger partial charge in [-0.2, -0.15) is 0 Å². The van der Waals surface area contributed by atoms with Crippen LogP contribution in [0, 0.1) is 0 Å². The van der Waals surface area contributed by atoms with Crippen molar-refractivity contribution in [3.8, 4) is 11.5 Å². The van der Waals surface area contributed by atoms with Crippen LogP contribution in [0.1, 0.15) is 33.6 Å². The van der Waals surface area contributed by atoms with Gasteiger partial charge in [0.15, 0.2) is 0 Å². The molecule has 0 fully saturated rings. The van der Waals surface area contributed by atoms with Gasteiger partial charge in [0.1, 0.15) is 11.5 Å². The number of rotatable bonds is 7. The smallest absolute Gasteiger partial charge is 0.119 e. The maximum atomic E-state index is 5.65. The number of benzene rings is 1. The van der Waals surface area contributed by atoms with E-state index in [9.17, 15) is 0 Å². The first-order valence-electron chi connectivity index (χ1n) is 6.53. The summed E-state index contributed by atoms with van der Waals surface area (Å²) in [7, 11) is 1.66. The van der Waals surface area contributed by atoms with Gasteiger partial charge >= 0.3 is 0 Å². The lowest BCUT2D eigenvalue weighted by atomic mass is 10.1. The first-order valence-corrected chi connectivity index (χ1v) is 6.53. The van der Waals surface area contributed by atoms with Crippen LogP contribution < -0.4 is 14.8 Å². The van der Waals surface area contributed by atoms with Crippen LogP contribution in [0.3, 0.4) is 0 Å². The molecular weight excluding hydrogens is 226 g/mol. The fourth-order valence-corrected chi connectivity index (χ4v) is 1.55. The summed E-state index contributed by atoms with van der Waals surface area (Å²) in [5, 5.41) is 3.46. The number of unbranched alkanes of at least 4 members (excludes halogenated alkanes) is 1. The van der Waals surface area contributed by atoms with Gasteiger partial charge in [0, 0.05) is 5.54 Å². The van der Waals surface area contributed by atoms with Gasteiger partial charge in [-0.3, -0.25) is 0 Å². The lowest BCUT2D eigenvalue weighted by Gasteiger charge is -2.20. The topological polar surface area (TPSA) is 30.5 Å². The summed E-state index contributed by atoms with van der Waals surface area (Å²) in [6.45, 7) is 8.34. The van der Waals surface area contributed by atoms with Gasteiger partial charge in [0.25, 0.3) is 0 Å². The molecule has 102 valence electrons. The van der Waals surface area contributed by atoms with Crippen LogP contribution in [-0.2, 0) is 0 Å². The van der Waals surface area contributed by atoms with Crippen LogP contribution >= 0.6 is 0 Å². The number of ether oxygens (including phenoxy) is 2. The predicted octanol–water partition coefficient (Wildman–Crippen LogP) is 3.24. The van der Waals surface area contributed by atoms with Crippen LogP contribution in [0.25, 0.3) is 0 Å². The molecule has 3 heteroatoms. The minimum Gasteiger partial charge on any atom is -0.497 e. The lowest BCUT2D eigenvalue weighted by Crippen LogP contribution is -2.36. The van der Waals surface area contributed by atoms with E-state index in [1.54, 1.807) is 7.11 Å². The summed E-state index contributed by atoms with van der Waals surface area (Å²) in [5.74, 6) is 1.76. The van der Waals surface area contributed by atoms with E-state index in [2.05, 4.69) is 26.1 Å². The average molecular weight is 251 g/mol. The summed E-state index contributed by atoms with van der Waals surface area (Å²) in [4.78, 5) is 0. The third-order valence-corrected chi connectivity index (χ3v) is 2.55. The lowest BCUT2D eigenvalue weighted by molar-refractivity contribution is 0.301. The number of nitrogens with one attached hydrogen (secondary N) is 1. The highest BCUT2D eigenvalue weighted by molar-refractivity contribution is 5.31. The van der Waals surface area contributed by atoms with Crippen LogP contribution in [-0.4, -0.2) is 25.8 Å². The maximum absolute atomic E-state index is 5.65. The quantitative estimate of drug-likeness (QED) is 0.755. The second-order valence-corrected chi connectivity index (χ2v) is 5.41. The van der Waals surface area contributed by atoms with E-state index < -0.39 is 0 Å². The normalized spacial score (nSPS) is 11.3. The highest BCUT2D eigenvalue weighted by atomic mass is 16.5. The largest absolute Gasteiger partial charge is 0.497 e. The van der Waals surface area contributed by atoms with Crippen molar-refractivity contribution in [3.05, 3.63) is 24.3 Å². The number of methoxy groups -OCH3 is 1. The van der Waals surface area contributed by atoms with E-state index in [0.29, 0.717) is 0 Å². The van der Waals surface area contributed by atoms with Crippen LogP contribution in [0.2, 0.25) is 0 Å². The van der Waals surface area contributed by atoms with Crippen LogP contribution in [0.15, 0.2) is 24.3 Å². The Kier molecular flexibility index (Phi) is 5.99. The van der Waals surface area contributed by atoms with Gasteiger partial charge in [0.2, 0.25) is 0 Å². The first kappa shape index (κ1) is 14.8.